The van der Waals surface area contributed by atoms with E-state index in [1.54, 1.807) is 16.2 Å². The summed E-state index contributed by atoms with van der Waals surface area (Å²) in [5.74, 6) is 0.761. The zero-order valence-electron chi connectivity index (χ0n) is 16.9. The van der Waals surface area contributed by atoms with Gasteiger partial charge in [-0.05, 0) is 47.5 Å². The Balaban J connectivity index is 0.00000364. The number of thiazole rings is 1. The molecular formula is C18H32IN5O2S. The van der Waals surface area contributed by atoms with Crippen LogP contribution in [0.2, 0.25) is 0 Å². The van der Waals surface area contributed by atoms with Crippen molar-refractivity contribution in [2.24, 2.45) is 4.99 Å². The molecule has 0 spiro atoms. The van der Waals surface area contributed by atoms with Crippen LogP contribution in [0.5, 0.6) is 0 Å². The lowest BCUT2D eigenvalue weighted by Crippen LogP contribution is -2.53. The SMILES string of the molecule is CCNC(=NCc1ncc(C)s1)NC1CCCN(C(=O)OC(C)(C)C)C1.I. The molecule has 9 heteroatoms. The topological polar surface area (TPSA) is 78.9 Å². The first-order valence-electron chi connectivity index (χ1n) is 9.21. The van der Waals surface area contributed by atoms with Gasteiger partial charge in [0.05, 0.1) is 6.54 Å². The molecule has 2 heterocycles. The minimum absolute atomic E-state index is 0. The highest BCUT2D eigenvalue weighted by Gasteiger charge is 2.28. The average Bonchev–Trinajstić information content (AvgIpc) is 2.97. The van der Waals surface area contributed by atoms with E-state index in [0.717, 1.165) is 36.9 Å². The van der Waals surface area contributed by atoms with Gasteiger partial charge in [-0.1, -0.05) is 0 Å². The zero-order chi connectivity index (χ0) is 19.2. The molecule has 154 valence electrons. The van der Waals surface area contributed by atoms with Crippen molar-refractivity contribution in [1.82, 2.24) is 20.5 Å². The Hall–Kier alpha value is -1.10. The highest BCUT2D eigenvalue weighted by atomic mass is 127. The normalized spacial score (nSPS) is 17.9. The molecule has 1 atom stereocenters. The van der Waals surface area contributed by atoms with Gasteiger partial charge in [-0.2, -0.15) is 0 Å². The number of rotatable bonds is 4. The summed E-state index contributed by atoms with van der Waals surface area (Å²) in [5.41, 5.74) is -0.473. The molecule has 1 saturated heterocycles. The second kappa shape index (κ2) is 11.0. The fourth-order valence-corrected chi connectivity index (χ4v) is 3.43. The van der Waals surface area contributed by atoms with Gasteiger partial charge in [0.25, 0.3) is 0 Å². The summed E-state index contributed by atoms with van der Waals surface area (Å²) in [6, 6.07) is 0.159. The van der Waals surface area contributed by atoms with Gasteiger partial charge in [0, 0.05) is 36.8 Å². The number of aryl methyl sites for hydroxylation is 1. The number of guanidine groups is 1. The van der Waals surface area contributed by atoms with E-state index in [1.165, 1.54) is 4.88 Å². The van der Waals surface area contributed by atoms with Crippen molar-refractivity contribution in [1.29, 1.82) is 0 Å². The third-order valence-corrected chi connectivity index (χ3v) is 4.70. The van der Waals surface area contributed by atoms with Crippen LogP contribution in [0.3, 0.4) is 0 Å². The highest BCUT2D eigenvalue weighted by molar-refractivity contribution is 14.0. The lowest BCUT2D eigenvalue weighted by molar-refractivity contribution is 0.0193. The largest absolute Gasteiger partial charge is 0.444 e. The van der Waals surface area contributed by atoms with Crippen molar-refractivity contribution in [3.63, 3.8) is 0 Å². The van der Waals surface area contributed by atoms with Gasteiger partial charge < -0.3 is 20.3 Å². The summed E-state index contributed by atoms with van der Waals surface area (Å²) >= 11 is 1.66. The molecule has 1 aliphatic rings. The third kappa shape index (κ3) is 8.63. The second-order valence-electron chi connectivity index (χ2n) is 7.47. The lowest BCUT2D eigenvalue weighted by Gasteiger charge is -2.35. The van der Waals surface area contributed by atoms with Crippen LogP contribution in [-0.4, -0.2) is 53.2 Å². The Labute approximate surface area is 183 Å². The Bertz CT molecular complexity index is 630. The Kier molecular flexibility index (Phi) is 9.78. The number of carbonyl (C=O) groups is 1. The van der Waals surface area contributed by atoms with Crippen LogP contribution in [0.4, 0.5) is 4.79 Å². The number of aliphatic imine (C=N–C) groups is 1. The molecule has 1 aromatic heterocycles. The molecule has 0 bridgehead atoms. The number of hydrogen-bond acceptors (Lipinski definition) is 5. The van der Waals surface area contributed by atoms with Crippen LogP contribution < -0.4 is 10.6 Å². The summed E-state index contributed by atoms with van der Waals surface area (Å²) < 4.78 is 5.49. The smallest absolute Gasteiger partial charge is 0.410 e. The maximum absolute atomic E-state index is 12.3. The minimum atomic E-state index is -0.473. The molecule has 2 N–H and O–H groups in total. The van der Waals surface area contributed by atoms with Crippen molar-refractivity contribution >= 4 is 47.4 Å². The number of nitrogens with zero attached hydrogens (tertiary/aromatic N) is 3. The van der Waals surface area contributed by atoms with E-state index in [-0.39, 0.29) is 36.1 Å². The van der Waals surface area contributed by atoms with Crippen LogP contribution in [0.1, 0.15) is 50.4 Å². The highest BCUT2D eigenvalue weighted by Crippen LogP contribution is 2.16. The van der Waals surface area contributed by atoms with Crippen LogP contribution in [0.15, 0.2) is 11.2 Å². The standard InChI is InChI=1S/C18H31N5O2S.HI/c1-6-19-16(21-11-15-20-10-13(2)26-15)22-14-8-7-9-23(12-14)17(24)25-18(3,4)5;/h10,14H,6-9,11-12H2,1-5H3,(H2,19,21,22);1H. The Morgan fingerprint density at radius 2 is 2.22 bits per heavy atom. The van der Waals surface area contributed by atoms with E-state index in [4.69, 9.17) is 4.74 Å². The number of nitrogens with one attached hydrogen (secondary N) is 2. The van der Waals surface area contributed by atoms with Crippen LogP contribution in [0, 0.1) is 6.92 Å². The first-order chi connectivity index (χ1) is 12.3. The minimum Gasteiger partial charge on any atom is -0.444 e. The van der Waals surface area contributed by atoms with Gasteiger partial charge in [-0.3, -0.25) is 0 Å². The van der Waals surface area contributed by atoms with E-state index >= 15 is 0 Å². The van der Waals surface area contributed by atoms with Crippen molar-refractivity contribution in [3.05, 3.63) is 16.1 Å². The monoisotopic (exact) mass is 509 g/mol. The van der Waals surface area contributed by atoms with E-state index in [0.29, 0.717) is 13.1 Å². The molecule has 0 aromatic carbocycles. The van der Waals surface area contributed by atoms with Crippen LogP contribution >= 0.6 is 35.3 Å². The van der Waals surface area contributed by atoms with Gasteiger partial charge in [0.1, 0.15) is 10.6 Å². The van der Waals surface area contributed by atoms with Gasteiger partial charge in [-0.25, -0.2) is 14.8 Å². The molecule has 1 aromatic rings. The summed E-state index contributed by atoms with van der Waals surface area (Å²) in [6.45, 7) is 12.4. The quantitative estimate of drug-likeness (QED) is 0.369. The number of piperidine rings is 1. The van der Waals surface area contributed by atoms with E-state index in [2.05, 4.69) is 20.6 Å². The predicted molar refractivity (Wildman–Crippen MR) is 121 cm³/mol. The molecular weight excluding hydrogens is 477 g/mol. The molecule has 1 amide bonds. The van der Waals surface area contributed by atoms with Gasteiger partial charge >= 0.3 is 6.09 Å². The van der Waals surface area contributed by atoms with Crippen molar-refractivity contribution < 1.29 is 9.53 Å². The maximum atomic E-state index is 12.3. The summed E-state index contributed by atoms with van der Waals surface area (Å²) in [4.78, 5) is 24.3. The summed E-state index contributed by atoms with van der Waals surface area (Å²) in [7, 11) is 0. The molecule has 0 radical (unpaired) electrons. The van der Waals surface area contributed by atoms with E-state index in [1.807, 2.05) is 40.8 Å². The summed E-state index contributed by atoms with van der Waals surface area (Å²) in [5, 5.41) is 7.72. The third-order valence-electron chi connectivity index (χ3n) is 3.80. The Morgan fingerprint density at radius 3 is 2.81 bits per heavy atom. The average molecular weight is 509 g/mol. The van der Waals surface area contributed by atoms with Crippen LogP contribution in [-0.2, 0) is 11.3 Å². The summed E-state index contributed by atoms with van der Waals surface area (Å²) in [6.07, 6.45) is 3.57. The predicted octanol–water partition coefficient (Wildman–Crippen LogP) is 3.52. The molecule has 27 heavy (non-hydrogen) atoms. The molecule has 1 aliphatic heterocycles. The number of aromatic nitrogens is 1. The number of hydrogen-bond donors (Lipinski definition) is 2. The zero-order valence-corrected chi connectivity index (χ0v) is 20.0. The number of amides is 1. The number of carbonyl (C=O) groups excluding carboxylic acids is 1. The van der Waals surface area contributed by atoms with E-state index < -0.39 is 5.60 Å². The first-order valence-corrected chi connectivity index (χ1v) is 10.0. The fourth-order valence-electron chi connectivity index (χ4n) is 2.72. The molecule has 1 fully saturated rings. The Morgan fingerprint density at radius 1 is 1.48 bits per heavy atom. The number of halogens is 1. The first kappa shape index (κ1) is 23.9. The molecule has 0 saturated carbocycles. The van der Waals surface area contributed by atoms with E-state index in [9.17, 15) is 4.79 Å². The lowest BCUT2D eigenvalue weighted by atomic mass is 10.1. The maximum Gasteiger partial charge on any atom is 0.410 e. The second-order valence-corrected chi connectivity index (χ2v) is 8.79. The van der Waals surface area contributed by atoms with Crippen molar-refractivity contribution in [3.8, 4) is 0 Å². The van der Waals surface area contributed by atoms with Gasteiger partial charge in [0.15, 0.2) is 5.96 Å². The molecule has 7 nitrogen and oxygen atoms in total. The molecule has 1 unspecified atom stereocenters. The van der Waals surface area contributed by atoms with Gasteiger partial charge in [-0.15, -0.1) is 35.3 Å². The van der Waals surface area contributed by atoms with Crippen molar-refractivity contribution in [2.45, 2.75) is 65.6 Å². The molecule has 0 aliphatic carbocycles. The molecule has 2 rings (SSSR count). The number of ether oxygens (including phenoxy) is 1. The van der Waals surface area contributed by atoms with Crippen LogP contribution in [0.25, 0.3) is 0 Å². The fraction of sp³-hybridized carbons (Fsp3) is 0.722. The van der Waals surface area contributed by atoms with Crippen molar-refractivity contribution in [2.75, 3.05) is 19.6 Å². The van der Waals surface area contributed by atoms with Gasteiger partial charge in [0.2, 0.25) is 0 Å². The number of likely N-dealkylation sites (tertiary alicyclic amines) is 1.